The SMILES string of the molecule is COc1ccc(-c2ccc(C=C3C(=O)N(c4ccc(C)cc4)N=C3C)o2)c([N+](=O)[O-])c1. The summed E-state index contributed by atoms with van der Waals surface area (Å²) >= 11 is 0. The van der Waals surface area contributed by atoms with Crippen LogP contribution >= 0.6 is 0 Å². The van der Waals surface area contributed by atoms with Gasteiger partial charge in [-0.15, -0.1) is 0 Å². The Morgan fingerprint density at radius 1 is 1.10 bits per heavy atom. The number of hydrazone groups is 1. The van der Waals surface area contributed by atoms with Gasteiger partial charge in [0.1, 0.15) is 17.3 Å². The second-order valence-corrected chi connectivity index (χ2v) is 7.04. The Hall–Kier alpha value is -4.20. The van der Waals surface area contributed by atoms with Gasteiger partial charge in [-0.25, -0.2) is 0 Å². The fourth-order valence-corrected chi connectivity index (χ4v) is 3.26. The maximum atomic E-state index is 12.9. The van der Waals surface area contributed by atoms with Crippen LogP contribution < -0.4 is 9.75 Å². The number of carbonyl (C=O) groups excluding carboxylic acids is 1. The first-order valence-corrected chi connectivity index (χ1v) is 9.48. The van der Waals surface area contributed by atoms with Crippen LogP contribution in [0.4, 0.5) is 11.4 Å². The maximum Gasteiger partial charge on any atom is 0.284 e. The summed E-state index contributed by atoms with van der Waals surface area (Å²) in [5, 5.41) is 17.2. The molecule has 1 aliphatic rings. The van der Waals surface area contributed by atoms with E-state index in [1.165, 1.54) is 18.2 Å². The molecule has 0 fully saturated rings. The molecular weight excluding hydrogens is 398 g/mol. The molecule has 8 heteroatoms. The first kappa shape index (κ1) is 20.1. The minimum absolute atomic E-state index is 0.131. The average Bonchev–Trinajstić information content (AvgIpc) is 3.34. The molecule has 2 heterocycles. The number of nitro groups is 1. The van der Waals surface area contributed by atoms with E-state index in [-0.39, 0.29) is 11.6 Å². The number of hydrogen-bond donors (Lipinski definition) is 0. The highest BCUT2D eigenvalue weighted by atomic mass is 16.6. The van der Waals surface area contributed by atoms with Gasteiger partial charge in [0.25, 0.3) is 11.6 Å². The number of rotatable bonds is 5. The highest BCUT2D eigenvalue weighted by Gasteiger charge is 2.29. The first-order valence-electron chi connectivity index (χ1n) is 9.48. The van der Waals surface area contributed by atoms with Crippen molar-refractivity contribution in [3.05, 3.63) is 81.6 Å². The second-order valence-electron chi connectivity index (χ2n) is 7.04. The molecular formula is C23H19N3O5. The van der Waals surface area contributed by atoms with Gasteiger partial charge < -0.3 is 9.15 Å². The highest BCUT2D eigenvalue weighted by molar-refractivity contribution is 6.32. The zero-order valence-corrected chi connectivity index (χ0v) is 17.2. The number of nitro benzene ring substituents is 1. The van der Waals surface area contributed by atoms with E-state index >= 15 is 0 Å². The largest absolute Gasteiger partial charge is 0.497 e. The molecule has 0 saturated carbocycles. The number of methoxy groups -OCH3 is 1. The van der Waals surface area contributed by atoms with Crippen LogP contribution in [0.5, 0.6) is 5.75 Å². The Morgan fingerprint density at radius 3 is 2.52 bits per heavy atom. The first-order chi connectivity index (χ1) is 14.9. The van der Waals surface area contributed by atoms with Crippen LogP contribution in [0.2, 0.25) is 0 Å². The third kappa shape index (κ3) is 3.83. The van der Waals surface area contributed by atoms with Crippen molar-refractivity contribution in [1.29, 1.82) is 0 Å². The number of benzene rings is 2. The lowest BCUT2D eigenvalue weighted by Gasteiger charge is -2.11. The van der Waals surface area contributed by atoms with Crippen LogP contribution in [-0.4, -0.2) is 23.7 Å². The third-order valence-corrected chi connectivity index (χ3v) is 4.92. The monoisotopic (exact) mass is 417 g/mol. The van der Waals surface area contributed by atoms with Gasteiger partial charge in [-0.3, -0.25) is 14.9 Å². The zero-order valence-electron chi connectivity index (χ0n) is 17.2. The predicted molar refractivity (Wildman–Crippen MR) is 117 cm³/mol. The molecule has 1 aromatic heterocycles. The van der Waals surface area contributed by atoms with E-state index < -0.39 is 4.92 Å². The van der Waals surface area contributed by atoms with E-state index in [2.05, 4.69) is 5.10 Å². The van der Waals surface area contributed by atoms with Crippen molar-refractivity contribution < 1.29 is 18.9 Å². The number of nitrogens with zero attached hydrogens (tertiary/aromatic N) is 3. The minimum atomic E-state index is -0.491. The lowest BCUT2D eigenvalue weighted by atomic mass is 10.1. The summed E-state index contributed by atoms with van der Waals surface area (Å²) in [4.78, 5) is 23.9. The smallest absolute Gasteiger partial charge is 0.284 e. The number of amides is 1. The molecule has 8 nitrogen and oxygen atoms in total. The molecule has 0 N–H and O–H groups in total. The van der Waals surface area contributed by atoms with Crippen LogP contribution in [0.15, 0.2) is 69.7 Å². The molecule has 31 heavy (non-hydrogen) atoms. The Balaban J connectivity index is 1.65. The summed E-state index contributed by atoms with van der Waals surface area (Å²) in [6.45, 7) is 3.72. The van der Waals surface area contributed by atoms with Crippen LogP contribution in [0, 0.1) is 17.0 Å². The lowest BCUT2D eigenvalue weighted by Crippen LogP contribution is -2.21. The standard InChI is InChI=1S/C23H19N3O5/c1-14-4-6-16(7-5-14)25-23(27)20(15(2)24-25)12-18-9-11-22(31-18)19-10-8-17(30-3)13-21(19)26(28)29/h4-13H,1-3H3. The summed E-state index contributed by atoms with van der Waals surface area (Å²) in [7, 11) is 1.44. The number of hydrogen-bond acceptors (Lipinski definition) is 6. The van der Waals surface area contributed by atoms with Crippen molar-refractivity contribution in [2.75, 3.05) is 12.1 Å². The molecule has 3 aromatic rings. The summed E-state index contributed by atoms with van der Waals surface area (Å²) < 4.78 is 10.9. The van der Waals surface area contributed by atoms with Crippen molar-refractivity contribution in [2.24, 2.45) is 5.10 Å². The number of carbonyl (C=O) groups is 1. The zero-order chi connectivity index (χ0) is 22.1. The molecule has 0 radical (unpaired) electrons. The van der Waals surface area contributed by atoms with Gasteiger partial charge >= 0.3 is 0 Å². The predicted octanol–water partition coefficient (Wildman–Crippen LogP) is 4.98. The van der Waals surface area contributed by atoms with E-state index in [0.29, 0.717) is 39.8 Å². The van der Waals surface area contributed by atoms with Gasteiger partial charge in [-0.2, -0.15) is 10.1 Å². The second kappa shape index (κ2) is 7.91. The van der Waals surface area contributed by atoms with Crippen LogP contribution in [-0.2, 0) is 4.79 Å². The molecule has 0 bridgehead atoms. The molecule has 0 atom stereocenters. The van der Waals surface area contributed by atoms with Gasteiger partial charge in [0.15, 0.2) is 0 Å². The van der Waals surface area contributed by atoms with E-state index in [9.17, 15) is 14.9 Å². The van der Waals surface area contributed by atoms with Crippen molar-refractivity contribution in [3.63, 3.8) is 0 Å². The van der Waals surface area contributed by atoms with Crippen LogP contribution in [0.3, 0.4) is 0 Å². The molecule has 0 saturated heterocycles. The van der Waals surface area contributed by atoms with Crippen molar-refractivity contribution >= 4 is 29.1 Å². The number of anilines is 1. The Kier molecular flexibility index (Phi) is 5.12. The van der Waals surface area contributed by atoms with Gasteiger partial charge in [0, 0.05) is 0 Å². The summed E-state index contributed by atoms with van der Waals surface area (Å²) in [6, 6.07) is 15.3. The number of ether oxygens (including phenoxy) is 1. The minimum Gasteiger partial charge on any atom is -0.497 e. The van der Waals surface area contributed by atoms with E-state index in [0.717, 1.165) is 5.56 Å². The molecule has 156 valence electrons. The molecule has 0 aliphatic carbocycles. The van der Waals surface area contributed by atoms with Crippen molar-refractivity contribution in [3.8, 4) is 17.1 Å². The van der Waals surface area contributed by atoms with Gasteiger partial charge in [-0.1, -0.05) is 17.7 Å². The Morgan fingerprint density at radius 2 is 1.84 bits per heavy atom. The fourth-order valence-electron chi connectivity index (χ4n) is 3.26. The number of aryl methyl sites for hydroxylation is 1. The third-order valence-electron chi connectivity index (χ3n) is 4.92. The molecule has 1 amide bonds. The van der Waals surface area contributed by atoms with Crippen LogP contribution in [0.25, 0.3) is 17.4 Å². The van der Waals surface area contributed by atoms with E-state index in [1.807, 2.05) is 31.2 Å². The average molecular weight is 417 g/mol. The topological polar surface area (TPSA) is 98.2 Å². The molecule has 0 spiro atoms. The number of furan rings is 1. The maximum absolute atomic E-state index is 12.9. The Labute approximate surface area is 178 Å². The van der Waals surface area contributed by atoms with Crippen molar-refractivity contribution in [2.45, 2.75) is 13.8 Å². The molecule has 0 unspecified atom stereocenters. The summed E-state index contributed by atoms with van der Waals surface area (Å²) in [5.41, 5.74) is 2.90. The summed E-state index contributed by atoms with van der Waals surface area (Å²) in [6.07, 6.45) is 1.59. The fraction of sp³-hybridized carbons (Fsp3) is 0.130. The molecule has 2 aromatic carbocycles. The quantitative estimate of drug-likeness (QED) is 0.331. The van der Waals surface area contributed by atoms with E-state index in [4.69, 9.17) is 9.15 Å². The van der Waals surface area contributed by atoms with Gasteiger partial charge in [-0.05, 0) is 56.3 Å². The normalized spacial score (nSPS) is 14.8. The van der Waals surface area contributed by atoms with Crippen molar-refractivity contribution in [1.82, 2.24) is 0 Å². The Bertz CT molecular complexity index is 1240. The molecule has 4 rings (SSSR count). The molecule has 1 aliphatic heterocycles. The lowest BCUT2D eigenvalue weighted by molar-refractivity contribution is -0.384. The highest BCUT2D eigenvalue weighted by Crippen LogP contribution is 2.35. The van der Waals surface area contributed by atoms with Gasteiger partial charge in [0.2, 0.25) is 0 Å². The van der Waals surface area contributed by atoms with Gasteiger partial charge in [0.05, 0.1) is 40.6 Å². The summed E-state index contributed by atoms with van der Waals surface area (Å²) in [5.74, 6) is 0.819. The van der Waals surface area contributed by atoms with Crippen LogP contribution in [0.1, 0.15) is 18.2 Å². The van der Waals surface area contributed by atoms with E-state index in [1.54, 1.807) is 37.3 Å².